The molecule has 0 bridgehead atoms. The normalized spacial score (nSPS) is 9.83. The Morgan fingerprint density at radius 1 is 1.22 bits per heavy atom. The van der Waals surface area contributed by atoms with Crippen LogP contribution in [-0.2, 0) is 0 Å². The average molecular weight is 239 g/mol. The smallest absolute Gasteiger partial charge is 0.220 e. The Kier molecular flexibility index (Phi) is 3.16. The summed E-state index contributed by atoms with van der Waals surface area (Å²) in [6.45, 7) is 3.77. The summed E-state index contributed by atoms with van der Waals surface area (Å²) in [5.74, 6) is 0.931. The fourth-order valence-corrected chi connectivity index (χ4v) is 1.60. The molecular formula is C14H13N3O. The van der Waals surface area contributed by atoms with Crippen LogP contribution < -0.4 is 10.5 Å². The van der Waals surface area contributed by atoms with Gasteiger partial charge in [0.15, 0.2) is 5.75 Å². The van der Waals surface area contributed by atoms with Crippen LogP contribution in [0.4, 0.5) is 5.69 Å². The predicted octanol–water partition coefficient (Wildman–Crippen LogP) is 2.94. The maximum Gasteiger partial charge on any atom is 0.220 e. The minimum atomic E-state index is 0.379. The molecule has 2 rings (SSSR count). The molecule has 0 aliphatic rings. The largest absolute Gasteiger partial charge is 0.437 e. The van der Waals surface area contributed by atoms with E-state index in [4.69, 9.17) is 15.7 Å². The molecule has 0 saturated carbocycles. The van der Waals surface area contributed by atoms with Crippen LogP contribution in [0, 0.1) is 25.2 Å². The maximum atomic E-state index is 8.89. The van der Waals surface area contributed by atoms with Gasteiger partial charge < -0.3 is 10.5 Å². The molecule has 1 heterocycles. The zero-order valence-electron chi connectivity index (χ0n) is 10.3. The van der Waals surface area contributed by atoms with E-state index >= 15 is 0 Å². The standard InChI is InChI=1S/C14H13N3O/c1-9-3-4-12(16)13(5-9)18-14-7-11(8-15)6-10(2)17-14/h3-7H,16H2,1-2H3. The highest BCUT2D eigenvalue weighted by molar-refractivity contribution is 5.55. The number of anilines is 1. The number of nitrogens with zero attached hydrogens (tertiary/aromatic N) is 2. The predicted molar refractivity (Wildman–Crippen MR) is 69.4 cm³/mol. The van der Waals surface area contributed by atoms with Crippen LogP contribution in [0.1, 0.15) is 16.8 Å². The average Bonchev–Trinajstić information content (AvgIpc) is 2.33. The summed E-state index contributed by atoms with van der Waals surface area (Å²) in [6, 6.07) is 10.9. The second-order valence-electron chi connectivity index (χ2n) is 4.09. The van der Waals surface area contributed by atoms with Gasteiger partial charge in [-0.25, -0.2) is 4.98 Å². The van der Waals surface area contributed by atoms with Crippen molar-refractivity contribution in [2.24, 2.45) is 0 Å². The summed E-state index contributed by atoms with van der Waals surface area (Å²) < 4.78 is 5.63. The first-order valence-electron chi connectivity index (χ1n) is 5.51. The van der Waals surface area contributed by atoms with E-state index in [1.165, 1.54) is 0 Å². The molecule has 4 heteroatoms. The van der Waals surface area contributed by atoms with Crippen molar-refractivity contribution >= 4 is 5.69 Å². The molecule has 4 nitrogen and oxygen atoms in total. The van der Waals surface area contributed by atoms with Crippen LogP contribution in [0.5, 0.6) is 11.6 Å². The summed E-state index contributed by atoms with van der Waals surface area (Å²) in [4.78, 5) is 4.22. The highest BCUT2D eigenvalue weighted by Crippen LogP contribution is 2.27. The molecule has 0 unspecified atom stereocenters. The van der Waals surface area contributed by atoms with Gasteiger partial charge in [-0.3, -0.25) is 0 Å². The number of ether oxygens (including phenoxy) is 1. The number of pyridine rings is 1. The van der Waals surface area contributed by atoms with Gasteiger partial charge in [-0.2, -0.15) is 5.26 Å². The Morgan fingerprint density at radius 3 is 2.72 bits per heavy atom. The van der Waals surface area contributed by atoms with Crippen LogP contribution in [0.3, 0.4) is 0 Å². The number of nitrogen functional groups attached to an aromatic ring is 1. The first kappa shape index (κ1) is 11.9. The van der Waals surface area contributed by atoms with E-state index in [1.54, 1.807) is 18.2 Å². The first-order chi connectivity index (χ1) is 8.58. The van der Waals surface area contributed by atoms with Crippen molar-refractivity contribution in [3.63, 3.8) is 0 Å². The van der Waals surface area contributed by atoms with Crippen molar-refractivity contribution in [3.05, 3.63) is 47.2 Å². The molecule has 2 aromatic rings. The topological polar surface area (TPSA) is 71.9 Å². The lowest BCUT2D eigenvalue weighted by atomic mass is 10.2. The van der Waals surface area contributed by atoms with E-state index in [1.807, 2.05) is 26.0 Å². The monoisotopic (exact) mass is 239 g/mol. The summed E-state index contributed by atoms with van der Waals surface area (Å²) in [5.41, 5.74) is 8.67. The molecule has 0 aliphatic carbocycles. The fourth-order valence-electron chi connectivity index (χ4n) is 1.60. The highest BCUT2D eigenvalue weighted by atomic mass is 16.5. The molecule has 1 aromatic carbocycles. The quantitative estimate of drug-likeness (QED) is 0.818. The number of aromatic nitrogens is 1. The number of hydrogen-bond acceptors (Lipinski definition) is 4. The molecule has 0 saturated heterocycles. The lowest BCUT2D eigenvalue weighted by Crippen LogP contribution is -1.96. The van der Waals surface area contributed by atoms with Gasteiger partial charge in [0.2, 0.25) is 5.88 Å². The molecule has 0 radical (unpaired) electrons. The third-order valence-electron chi connectivity index (χ3n) is 2.44. The van der Waals surface area contributed by atoms with E-state index in [0.29, 0.717) is 22.9 Å². The van der Waals surface area contributed by atoms with Crippen LogP contribution >= 0.6 is 0 Å². The maximum absolute atomic E-state index is 8.89. The molecule has 0 spiro atoms. The van der Waals surface area contributed by atoms with E-state index in [2.05, 4.69) is 11.1 Å². The molecule has 90 valence electrons. The van der Waals surface area contributed by atoms with Gasteiger partial charge in [0.25, 0.3) is 0 Å². The Balaban J connectivity index is 2.37. The summed E-state index contributed by atoms with van der Waals surface area (Å²) in [7, 11) is 0. The van der Waals surface area contributed by atoms with E-state index < -0.39 is 0 Å². The van der Waals surface area contributed by atoms with Crippen molar-refractivity contribution in [3.8, 4) is 17.7 Å². The third kappa shape index (κ3) is 2.58. The molecule has 18 heavy (non-hydrogen) atoms. The second kappa shape index (κ2) is 4.76. The molecule has 0 amide bonds. The van der Waals surface area contributed by atoms with E-state index in [0.717, 1.165) is 11.3 Å². The van der Waals surface area contributed by atoms with E-state index in [-0.39, 0.29) is 0 Å². The fraction of sp³-hybridized carbons (Fsp3) is 0.143. The molecule has 2 N–H and O–H groups in total. The number of nitrogens with two attached hydrogens (primary N) is 1. The van der Waals surface area contributed by atoms with Gasteiger partial charge >= 0.3 is 0 Å². The Morgan fingerprint density at radius 2 is 2.00 bits per heavy atom. The summed E-state index contributed by atoms with van der Waals surface area (Å²) in [5, 5.41) is 8.89. The number of aryl methyl sites for hydroxylation is 2. The van der Waals surface area contributed by atoms with Crippen LogP contribution in [-0.4, -0.2) is 4.98 Å². The minimum Gasteiger partial charge on any atom is -0.437 e. The van der Waals surface area contributed by atoms with Crippen molar-refractivity contribution in [2.45, 2.75) is 13.8 Å². The Hall–Kier alpha value is -2.54. The van der Waals surface area contributed by atoms with Gasteiger partial charge in [0.05, 0.1) is 17.3 Å². The number of benzene rings is 1. The summed E-state index contributed by atoms with van der Waals surface area (Å²) >= 11 is 0. The second-order valence-corrected chi connectivity index (χ2v) is 4.09. The van der Waals surface area contributed by atoms with Gasteiger partial charge in [0, 0.05) is 11.8 Å². The number of rotatable bonds is 2. The van der Waals surface area contributed by atoms with Crippen LogP contribution in [0.25, 0.3) is 0 Å². The van der Waals surface area contributed by atoms with Gasteiger partial charge in [-0.05, 0) is 37.6 Å². The summed E-state index contributed by atoms with van der Waals surface area (Å²) in [6.07, 6.45) is 0. The lowest BCUT2D eigenvalue weighted by Gasteiger charge is -2.09. The molecule has 0 fully saturated rings. The van der Waals surface area contributed by atoms with Crippen LogP contribution in [0.15, 0.2) is 30.3 Å². The minimum absolute atomic E-state index is 0.379. The van der Waals surface area contributed by atoms with Gasteiger partial charge in [0.1, 0.15) is 0 Å². The van der Waals surface area contributed by atoms with Crippen molar-refractivity contribution < 1.29 is 4.74 Å². The molecule has 0 atom stereocenters. The van der Waals surface area contributed by atoms with E-state index in [9.17, 15) is 0 Å². The number of nitriles is 1. The Labute approximate surface area is 106 Å². The van der Waals surface area contributed by atoms with Crippen molar-refractivity contribution in [2.75, 3.05) is 5.73 Å². The lowest BCUT2D eigenvalue weighted by molar-refractivity contribution is 0.463. The Bertz CT molecular complexity index is 629. The zero-order valence-corrected chi connectivity index (χ0v) is 10.3. The molecular weight excluding hydrogens is 226 g/mol. The number of hydrogen-bond donors (Lipinski definition) is 1. The van der Waals surface area contributed by atoms with Crippen LogP contribution in [0.2, 0.25) is 0 Å². The van der Waals surface area contributed by atoms with Gasteiger partial charge in [-0.1, -0.05) is 6.07 Å². The van der Waals surface area contributed by atoms with Crippen molar-refractivity contribution in [1.29, 1.82) is 5.26 Å². The molecule has 0 aliphatic heterocycles. The first-order valence-corrected chi connectivity index (χ1v) is 5.51. The SMILES string of the molecule is Cc1ccc(N)c(Oc2cc(C#N)cc(C)n2)c1. The molecule has 1 aromatic heterocycles. The van der Waals surface area contributed by atoms with Crippen molar-refractivity contribution in [1.82, 2.24) is 4.98 Å². The highest BCUT2D eigenvalue weighted by Gasteiger charge is 2.05. The third-order valence-corrected chi connectivity index (χ3v) is 2.44. The van der Waals surface area contributed by atoms with Gasteiger partial charge in [-0.15, -0.1) is 0 Å². The zero-order chi connectivity index (χ0) is 13.1.